The monoisotopic (exact) mass is 249 g/mol. The van der Waals surface area contributed by atoms with Crippen LogP contribution in [0.15, 0.2) is 24.5 Å². The minimum atomic E-state index is -0.0201. The van der Waals surface area contributed by atoms with Crippen molar-refractivity contribution in [1.29, 1.82) is 0 Å². The lowest BCUT2D eigenvalue weighted by Crippen LogP contribution is -2.12. The molecule has 0 aliphatic rings. The lowest BCUT2D eigenvalue weighted by atomic mass is 10.1. The van der Waals surface area contributed by atoms with Crippen LogP contribution < -0.4 is 10.5 Å². The average Bonchev–Trinajstić information content (AvgIpc) is 2.76. The maximum absolute atomic E-state index is 6.14. The van der Waals surface area contributed by atoms with Crippen molar-refractivity contribution in [1.82, 2.24) is 9.97 Å². The third kappa shape index (κ3) is 3.01. The second-order valence-corrected chi connectivity index (χ2v) is 5.13. The first-order valence-electron chi connectivity index (χ1n) is 5.36. The molecule has 0 aliphatic carbocycles. The van der Waals surface area contributed by atoms with E-state index in [2.05, 4.69) is 29.0 Å². The summed E-state index contributed by atoms with van der Waals surface area (Å²) in [5.74, 6) is 0.574. The molecule has 0 bridgehead atoms. The van der Waals surface area contributed by atoms with Crippen molar-refractivity contribution in [2.45, 2.75) is 19.4 Å². The van der Waals surface area contributed by atoms with Crippen LogP contribution >= 0.6 is 11.3 Å². The predicted molar refractivity (Wildman–Crippen MR) is 68.3 cm³/mol. The number of methoxy groups -OCH3 is 1. The van der Waals surface area contributed by atoms with Crippen LogP contribution in [0.4, 0.5) is 0 Å². The van der Waals surface area contributed by atoms with Gasteiger partial charge in [-0.3, -0.25) is 0 Å². The summed E-state index contributed by atoms with van der Waals surface area (Å²) in [6.45, 7) is 2.08. The fourth-order valence-corrected chi connectivity index (χ4v) is 2.46. The topological polar surface area (TPSA) is 61.0 Å². The van der Waals surface area contributed by atoms with Gasteiger partial charge in [-0.2, -0.15) is 0 Å². The molecule has 1 atom stereocenters. The number of nitrogens with zero attached hydrogens (tertiary/aromatic N) is 2. The van der Waals surface area contributed by atoms with E-state index in [1.807, 2.05) is 6.07 Å². The van der Waals surface area contributed by atoms with Crippen LogP contribution in [0.5, 0.6) is 5.88 Å². The first-order valence-corrected chi connectivity index (χ1v) is 6.17. The number of aromatic nitrogens is 2. The largest absolute Gasteiger partial charge is 0.481 e. The summed E-state index contributed by atoms with van der Waals surface area (Å²) in [6, 6.07) is 5.96. The van der Waals surface area contributed by atoms with Gasteiger partial charge in [-0.25, -0.2) is 9.97 Å². The minimum absolute atomic E-state index is 0.0201. The summed E-state index contributed by atoms with van der Waals surface area (Å²) < 4.78 is 5.06. The number of rotatable bonds is 4. The van der Waals surface area contributed by atoms with Gasteiger partial charge in [-0.1, -0.05) is 0 Å². The Labute approximate surface area is 104 Å². The molecule has 0 saturated heterocycles. The molecule has 1 unspecified atom stereocenters. The van der Waals surface area contributed by atoms with Crippen molar-refractivity contribution in [2.75, 3.05) is 7.11 Å². The molecule has 17 heavy (non-hydrogen) atoms. The second-order valence-electron chi connectivity index (χ2n) is 3.81. The zero-order valence-corrected chi connectivity index (χ0v) is 10.7. The third-order valence-electron chi connectivity index (χ3n) is 2.46. The Morgan fingerprint density at radius 2 is 2.24 bits per heavy atom. The molecule has 5 heteroatoms. The molecule has 90 valence electrons. The van der Waals surface area contributed by atoms with Gasteiger partial charge in [0.2, 0.25) is 5.88 Å². The van der Waals surface area contributed by atoms with Crippen LogP contribution in [0.25, 0.3) is 0 Å². The average molecular weight is 249 g/mol. The van der Waals surface area contributed by atoms with Gasteiger partial charge < -0.3 is 10.5 Å². The smallest absolute Gasteiger partial charge is 0.216 e. The van der Waals surface area contributed by atoms with Crippen molar-refractivity contribution < 1.29 is 4.74 Å². The number of thiophene rings is 1. The molecule has 2 heterocycles. The van der Waals surface area contributed by atoms with Crippen LogP contribution in [0.1, 0.15) is 21.5 Å². The number of ether oxygens (including phenoxy) is 1. The van der Waals surface area contributed by atoms with E-state index in [9.17, 15) is 0 Å². The van der Waals surface area contributed by atoms with E-state index >= 15 is 0 Å². The molecular formula is C12H15N3OS. The molecule has 0 spiro atoms. The highest BCUT2D eigenvalue weighted by molar-refractivity contribution is 7.12. The molecule has 0 radical (unpaired) electrons. The molecule has 2 rings (SSSR count). The zero-order valence-electron chi connectivity index (χ0n) is 9.88. The SMILES string of the molecule is COc1cc(CC(N)c2ccc(C)s2)ncn1. The van der Waals surface area contributed by atoms with Crippen LogP contribution in [0.3, 0.4) is 0 Å². The van der Waals surface area contributed by atoms with E-state index in [4.69, 9.17) is 10.5 Å². The van der Waals surface area contributed by atoms with Gasteiger partial charge in [0.25, 0.3) is 0 Å². The molecule has 4 nitrogen and oxygen atoms in total. The molecular weight excluding hydrogens is 234 g/mol. The van der Waals surface area contributed by atoms with Crippen LogP contribution in [0.2, 0.25) is 0 Å². The molecule has 0 aromatic carbocycles. The lowest BCUT2D eigenvalue weighted by Gasteiger charge is -2.09. The summed E-state index contributed by atoms with van der Waals surface area (Å²) in [5.41, 5.74) is 7.04. The first-order chi connectivity index (χ1) is 8.19. The van der Waals surface area contributed by atoms with Gasteiger partial charge >= 0.3 is 0 Å². The molecule has 0 amide bonds. The van der Waals surface area contributed by atoms with E-state index in [0.29, 0.717) is 12.3 Å². The maximum atomic E-state index is 6.14. The van der Waals surface area contributed by atoms with Crippen molar-refractivity contribution in [3.8, 4) is 5.88 Å². The van der Waals surface area contributed by atoms with E-state index in [0.717, 1.165) is 5.69 Å². The van der Waals surface area contributed by atoms with E-state index in [-0.39, 0.29) is 6.04 Å². The quantitative estimate of drug-likeness (QED) is 0.901. The van der Waals surface area contributed by atoms with Crippen molar-refractivity contribution in [3.63, 3.8) is 0 Å². The Kier molecular flexibility index (Phi) is 3.71. The standard InChI is InChI=1S/C12H15N3OS/c1-8-3-4-11(17-8)10(13)5-9-6-12(16-2)15-7-14-9/h3-4,6-7,10H,5,13H2,1-2H3. The highest BCUT2D eigenvalue weighted by atomic mass is 32.1. The summed E-state index contributed by atoms with van der Waals surface area (Å²) >= 11 is 1.73. The number of nitrogens with two attached hydrogens (primary N) is 1. The van der Waals surface area contributed by atoms with Crippen molar-refractivity contribution >= 4 is 11.3 Å². The Hall–Kier alpha value is -1.46. The molecule has 2 aromatic rings. The lowest BCUT2D eigenvalue weighted by molar-refractivity contribution is 0.395. The molecule has 0 saturated carbocycles. The minimum Gasteiger partial charge on any atom is -0.481 e. The summed E-state index contributed by atoms with van der Waals surface area (Å²) in [6.07, 6.45) is 2.19. The van der Waals surface area contributed by atoms with Crippen molar-refractivity contribution in [3.05, 3.63) is 40.0 Å². The highest BCUT2D eigenvalue weighted by Crippen LogP contribution is 2.23. The van der Waals surface area contributed by atoms with Gasteiger partial charge in [0, 0.05) is 34.0 Å². The number of aryl methyl sites for hydroxylation is 1. The van der Waals surface area contributed by atoms with E-state index < -0.39 is 0 Å². The Balaban J connectivity index is 2.09. The van der Waals surface area contributed by atoms with Crippen molar-refractivity contribution in [2.24, 2.45) is 5.73 Å². The van der Waals surface area contributed by atoms with Gasteiger partial charge in [0.05, 0.1) is 7.11 Å². The van der Waals surface area contributed by atoms with Gasteiger partial charge in [-0.05, 0) is 19.1 Å². The maximum Gasteiger partial charge on any atom is 0.216 e. The van der Waals surface area contributed by atoms with Gasteiger partial charge in [0.15, 0.2) is 0 Å². The van der Waals surface area contributed by atoms with E-state index in [1.54, 1.807) is 18.4 Å². The fraction of sp³-hybridized carbons (Fsp3) is 0.333. The molecule has 2 aromatic heterocycles. The predicted octanol–water partition coefficient (Wildman–Crippen LogP) is 2.10. The first kappa shape index (κ1) is 12.0. The van der Waals surface area contributed by atoms with Crippen LogP contribution in [0, 0.1) is 6.92 Å². The Morgan fingerprint density at radius 1 is 1.41 bits per heavy atom. The summed E-state index contributed by atoms with van der Waals surface area (Å²) in [4.78, 5) is 10.6. The third-order valence-corrected chi connectivity index (χ3v) is 3.60. The van der Waals surface area contributed by atoms with E-state index in [1.165, 1.54) is 16.1 Å². The normalized spacial score (nSPS) is 12.4. The number of hydrogen-bond acceptors (Lipinski definition) is 5. The fourth-order valence-electron chi connectivity index (χ4n) is 1.58. The van der Waals surface area contributed by atoms with Gasteiger partial charge in [0.1, 0.15) is 6.33 Å². The second kappa shape index (κ2) is 5.25. The van der Waals surface area contributed by atoms with Gasteiger partial charge in [-0.15, -0.1) is 11.3 Å². The van der Waals surface area contributed by atoms with Crippen LogP contribution in [-0.4, -0.2) is 17.1 Å². The Morgan fingerprint density at radius 3 is 2.88 bits per heavy atom. The van der Waals surface area contributed by atoms with Crippen LogP contribution in [-0.2, 0) is 6.42 Å². The number of hydrogen-bond donors (Lipinski definition) is 1. The summed E-state index contributed by atoms with van der Waals surface area (Å²) in [7, 11) is 1.59. The zero-order chi connectivity index (χ0) is 12.3. The highest BCUT2D eigenvalue weighted by Gasteiger charge is 2.10. The molecule has 0 aliphatic heterocycles. The molecule has 0 fully saturated rings. The molecule has 2 N–H and O–H groups in total. The summed E-state index contributed by atoms with van der Waals surface area (Å²) in [5, 5.41) is 0. The Bertz CT molecular complexity index is 498.